The van der Waals surface area contributed by atoms with Gasteiger partial charge in [0.2, 0.25) is 0 Å². The molecular formula is C12H16FNO3S. The minimum Gasteiger partial charge on any atom is -0.396 e. The van der Waals surface area contributed by atoms with Crippen molar-refractivity contribution in [2.75, 3.05) is 12.3 Å². The van der Waals surface area contributed by atoms with Crippen molar-refractivity contribution < 1.29 is 17.5 Å². The van der Waals surface area contributed by atoms with Crippen molar-refractivity contribution >= 4 is 15.5 Å². The second-order valence-electron chi connectivity index (χ2n) is 4.53. The van der Waals surface area contributed by atoms with Gasteiger partial charge in [0.1, 0.15) is 5.82 Å². The predicted octanol–water partition coefficient (Wildman–Crippen LogP) is 1.50. The smallest absolute Gasteiger partial charge is 0.160 e. The molecule has 1 aliphatic heterocycles. The van der Waals surface area contributed by atoms with E-state index in [-0.39, 0.29) is 23.1 Å². The Morgan fingerprint density at radius 3 is 2.83 bits per heavy atom. The average molecular weight is 273 g/mol. The molecule has 1 aliphatic rings. The number of ether oxygens (including phenoxy) is 1. The molecule has 1 saturated heterocycles. The predicted molar refractivity (Wildman–Crippen MR) is 67.3 cm³/mol. The fourth-order valence-electron chi connectivity index (χ4n) is 2.22. The maximum Gasteiger partial charge on any atom is 0.160 e. The lowest BCUT2D eigenvalue weighted by Gasteiger charge is -2.15. The number of benzene rings is 1. The summed E-state index contributed by atoms with van der Waals surface area (Å²) >= 11 is 0. The first-order valence-corrected chi connectivity index (χ1v) is 7.49. The van der Waals surface area contributed by atoms with Crippen molar-refractivity contribution in [3.8, 4) is 0 Å². The SMILES string of the molecule is CC1OCCC1S(=O)(=O)Cc1cccc(N)c1F. The van der Waals surface area contributed by atoms with Gasteiger partial charge in [0.05, 0.1) is 22.8 Å². The first-order valence-electron chi connectivity index (χ1n) is 5.78. The van der Waals surface area contributed by atoms with E-state index in [1.807, 2.05) is 0 Å². The van der Waals surface area contributed by atoms with E-state index in [4.69, 9.17) is 10.5 Å². The zero-order valence-corrected chi connectivity index (χ0v) is 10.9. The molecule has 2 unspecified atom stereocenters. The average Bonchev–Trinajstić information content (AvgIpc) is 2.72. The highest BCUT2D eigenvalue weighted by Gasteiger charge is 2.36. The molecule has 100 valence electrons. The number of sulfone groups is 1. The number of hydrogen-bond acceptors (Lipinski definition) is 4. The molecule has 0 radical (unpaired) electrons. The third kappa shape index (κ3) is 2.49. The first kappa shape index (κ1) is 13.3. The van der Waals surface area contributed by atoms with Gasteiger partial charge in [-0.25, -0.2) is 12.8 Å². The second kappa shape index (κ2) is 4.85. The molecule has 6 heteroatoms. The van der Waals surface area contributed by atoms with Crippen molar-refractivity contribution in [1.82, 2.24) is 0 Å². The van der Waals surface area contributed by atoms with E-state index in [2.05, 4.69) is 0 Å². The van der Waals surface area contributed by atoms with Gasteiger partial charge >= 0.3 is 0 Å². The molecule has 1 fully saturated rings. The van der Waals surface area contributed by atoms with E-state index in [1.165, 1.54) is 12.1 Å². The lowest BCUT2D eigenvalue weighted by Crippen LogP contribution is -2.29. The molecule has 2 atom stereocenters. The molecule has 0 aliphatic carbocycles. The number of halogens is 1. The van der Waals surface area contributed by atoms with E-state index >= 15 is 0 Å². The Labute approximate surface area is 106 Å². The molecule has 1 aromatic carbocycles. The largest absolute Gasteiger partial charge is 0.396 e. The molecule has 0 spiro atoms. The summed E-state index contributed by atoms with van der Waals surface area (Å²) in [7, 11) is -3.42. The molecular weight excluding hydrogens is 257 g/mol. The Morgan fingerprint density at radius 2 is 2.22 bits per heavy atom. The topological polar surface area (TPSA) is 69.4 Å². The van der Waals surface area contributed by atoms with Crippen LogP contribution in [0.2, 0.25) is 0 Å². The van der Waals surface area contributed by atoms with E-state index in [0.717, 1.165) is 0 Å². The van der Waals surface area contributed by atoms with E-state index in [9.17, 15) is 12.8 Å². The molecule has 1 aromatic rings. The highest BCUT2D eigenvalue weighted by Crippen LogP contribution is 2.25. The van der Waals surface area contributed by atoms with Gasteiger partial charge in [0, 0.05) is 12.2 Å². The van der Waals surface area contributed by atoms with Crippen LogP contribution in [-0.2, 0) is 20.3 Å². The van der Waals surface area contributed by atoms with Gasteiger partial charge in [-0.3, -0.25) is 0 Å². The van der Waals surface area contributed by atoms with Gasteiger partial charge in [-0.2, -0.15) is 0 Å². The van der Waals surface area contributed by atoms with Crippen LogP contribution in [0.5, 0.6) is 0 Å². The lowest BCUT2D eigenvalue weighted by molar-refractivity contribution is 0.126. The molecule has 2 N–H and O–H groups in total. The van der Waals surface area contributed by atoms with E-state index in [1.54, 1.807) is 13.0 Å². The van der Waals surface area contributed by atoms with Crippen molar-refractivity contribution in [3.05, 3.63) is 29.6 Å². The molecule has 1 heterocycles. The van der Waals surface area contributed by atoms with Gasteiger partial charge in [-0.1, -0.05) is 12.1 Å². The number of rotatable bonds is 3. The highest BCUT2D eigenvalue weighted by atomic mass is 32.2. The van der Waals surface area contributed by atoms with Gasteiger partial charge in [-0.05, 0) is 19.4 Å². The zero-order valence-electron chi connectivity index (χ0n) is 10.1. The normalized spacial score (nSPS) is 24.3. The van der Waals surface area contributed by atoms with Crippen LogP contribution in [0.1, 0.15) is 18.9 Å². The maximum absolute atomic E-state index is 13.7. The number of nitrogen functional groups attached to an aromatic ring is 1. The van der Waals surface area contributed by atoms with Crippen LogP contribution in [0.3, 0.4) is 0 Å². The molecule has 2 rings (SSSR count). The number of nitrogens with two attached hydrogens (primary N) is 1. The Kier molecular flexibility index (Phi) is 3.59. The minimum atomic E-state index is -3.42. The van der Waals surface area contributed by atoms with Crippen LogP contribution >= 0.6 is 0 Å². The monoisotopic (exact) mass is 273 g/mol. The summed E-state index contributed by atoms with van der Waals surface area (Å²) in [5.41, 5.74) is 5.52. The molecule has 18 heavy (non-hydrogen) atoms. The summed E-state index contributed by atoms with van der Waals surface area (Å²) in [6.45, 7) is 2.16. The summed E-state index contributed by atoms with van der Waals surface area (Å²) in [4.78, 5) is 0. The Balaban J connectivity index is 2.25. The fraction of sp³-hybridized carbons (Fsp3) is 0.500. The van der Waals surface area contributed by atoms with Crippen LogP contribution in [0.15, 0.2) is 18.2 Å². The van der Waals surface area contributed by atoms with E-state index in [0.29, 0.717) is 13.0 Å². The lowest BCUT2D eigenvalue weighted by atomic mass is 10.2. The van der Waals surface area contributed by atoms with Crippen LogP contribution < -0.4 is 5.73 Å². The summed E-state index contributed by atoms with van der Waals surface area (Å²) < 4.78 is 43.3. The van der Waals surface area contributed by atoms with Crippen LogP contribution in [0.4, 0.5) is 10.1 Å². The van der Waals surface area contributed by atoms with Gasteiger partial charge in [-0.15, -0.1) is 0 Å². The zero-order chi connectivity index (χ0) is 13.3. The Hall–Kier alpha value is -1.14. The van der Waals surface area contributed by atoms with Gasteiger partial charge in [0.25, 0.3) is 0 Å². The maximum atomic E-state index is 13.7. The first-order chi connectivity index (χ1) is 8.42. The molecule has 4 nitrogen and oxygen atoms in total. The van der Waals surface area contributed by atoms with Crippen molar-refractivity contribution in [2.45, 2.75) is 30.5 Å². The summed E-state index contributed by atoms with van der Waals surface area (Å²) in [5, 5.41) is -0.557. The number of anilines is 1. The van der Waals surface area contributed by atoms with Crippen LogP contribution in [-0.4, -0.2) is 26.4 Å². The van der Waals surface area contributed by atoms with Gasteiger partial charge < -0.3 is 10.5 Å². The highest BCUT2D eigenvalue weighted by molar-refractivity contribution is 7.91. The van der Waals surface area contributed by atoms with E-state index < -0.39 is 20.9 Å². The summed E-state index contributed by atoms with van der Waals surface area (Å²) in [5.74, 6) is -0.977. The second-order valence-corrected chi connectivity index (χ2v) is 6.75. The van der Waals surface area contributed by atoms with Crippen LogP contribution in [0.25, 0.3) is 0 Å². The third-order valence-electron chi connectivity index (χ3n) is 3.23. The van der Waals surface area contributed by atoms with Crippen molar-refractivity contribution in [2.24, 2.45) is 0 Å². The summed E-state index contributed by atoms with van der Waals surface area (Å²) in [6, 6.07) is 4.41. The van der Waals surface area contributed by atoms with Crippen molar-refractivity contribution in [1.29, 1.82) is 0 Å². The molecule has 0 amide bonds. The molecule has 0 aromatic heterocycles. The minimum absolute atomic E-state index is 0.0292. The molecule has 0 saturated carbocycles. The van der Waals surface area contributed by atoms with Crippen LogP contribution in [0, 0.1) is 5.82 Å². The Morgan fingerprint density at radius 1 is 1.50 bits per heavy atom. The summed E-state index contributed by atoms with van der Waals surface area (Å²) in [6.07, 6.45) is 0.132. The van der Waals surface area contributed by atoms with Gasteiger partial charge in [0.15, 0.2) is 9.84 Å². The van der Waals surface area contributed by atoms with Crippen molar-refractivity contribution in [3.63, 3.8) is 0 Å². The number of hydrogen-bond donors (Lipinski definition) is 1. The standard InChI is InChI=1S/C12H16FNO3S/c1-8-11(5-6-17-8)18(15,16)7-9-3-2-4-10(14)12(9)13/h2-4,8,11H,5-7,14H2,1H3. The fourth-order valence-corrected chi connectivity index (χ4v) is 4.21. The quantitative estimate of drug-likeness (QED) is 0.847. The third-order valence-corrected chi connectivity index (χ3v) is 5.49. The molecule has 0 bridgehead atoms. The Bertz CT molecular complexity index is 544.